The number of rotatable bonds is 62. The second-order valence-corrected chi connectivity index (χ2v) is 25.7. The molecule has 0 spiro atoms. The Kier molecular flexibility index (Phi) is 57.4. The molecular weight excluding hydrogens is 960 g/mol. The van der Waals surface area contributed by atoms with E-state index in [9.17, 15) is 19.4 Å². The maximum Gasteiger partial charge on any atom is 0.472 e. The van der Waals surface area contributed by atoms with E-state index in [0.717, 1.165) is 44.9 Å². The van der Waals surface area contributed by atoms with Gasteiger partial charge in [-0.15, -0.1) is 0 Å². The summed E-state index contributed by atoms with van der Waals surface area (Å²) in [5, 5.41) is 14.0. The average Bonchev–Trinajstić information content (AvgIpc) is 3.38. The first kappa shape index (κ1) is 74.7. The molecule has 8 nitrogen and oxygen atoms in total. The average molecular weight is 1090 g/mol. The Labute approximate surface area is 474 Å². The van der Waals surface area contributed by atoms with Crippen LogP contribution in [0.4, 0.5) is 0 Å². The van der Waals surface area contributed by atoms with E-state index in [2.05, 4.69) is 43.5 Å². The smallest absolute Gasteiger partial charge is 0.387 e. The van der Waals surface area contributed by atoms with Gasteiger partial charge in [-0.05, 0) is 51.4 Å². The summed E-state index contributed by atoms with van der Waals surface area (Å²) in [6.07, 6.45) is 77.1. The number of aliphatic hydroxyl groups is 1. The Balaban J connectivity index is 4.01. The lowest BCUT2D eigenvalue weighted by atomic mass is 10.0. The van der Waals surface area contributed by atoms with Crippen molar-refractivity contribution in [3.05, 3.63) is 36.5 Å². The minimum absolute atomic E-state index is 0.0631. The zero-order valence-electron chi connectivity index (χ0n) is 51.5. The molecule has 0 aliphatic heterocycles. The van der Waals surface area contributed by atoms with E-state index in [4.69, 9.17) is 9.05 Å². The van der Waals surface area contributed by atoms with Crippen molar-refractivity contribution in [3.8, 4) is 0 Å². The molecule has 3 atom stereocenters. The predicted molar refractivity (Wildman–Crippen MR) is 332 cm³/mol. The molecule has 0 rings (SSSR count). The standard InChI is InChI=1S/C67H131N2O6P/c1-6-8-10-12-14-16-18-20-22-24-26-27-28-29-30-31-32-33-34-35-36-37-38-39-40-41-43-45-47-49-51-53-55-57-59-61-67(71)68-65(64-75-76(72,73)74-63-62-69(3,4)5)66(70)60-58-56-54-52-50-48-46-44-42-25-23-21-19-17-15-13-11-9-7-2/h28-29,31-32,58,60,65-66,70H,6-27,30,33-57,59,61-64H2,1-5H3,(H-,68,71,72,73)/p+1/b29-28-,32-31-,60-58+. The highest BCUT2D eigenvalue weighted by Crippen LogP contribution is 2.43. The molecule has 76 heavy (non-hydrogen) atoms. The maximum atomic E-state index is 13.0. The fraction of sp³-hybridized carbons (Fsp3) is 0.896. The summed E-state index contributed by atoms with van der Waals surface area (Å²) in [6.45, 7) is 4.86. The summed E-state index contributed by atoms with van der Waals surface area (Å²) in [5.41, 5.74) is 0. The largest absolute Gasteiger partial charge is 0.472 e. The predicted octanol–water partition coefficient (Wildman–Crippen LogP) is 20.9. The molecule has 0 fully saturated rings. The number of hydrogen-bond donors (Lipinski definition) is 3. The highest BCUT2D eigenvalue weighted by molar-refractivity contribution is 7.47. The monoisotopic (exact) mass is 1090 g/mol. The number of likely N-dealkylation sites (N-methyl/N-ethyl adjacent to an activating group) is 1. The summed E-state index contributed by atoms with van der Waals surface area (Å²) in [4.78, 5) is 23.4. The van der Waals surface area contributed by atoms with E-state index >= 15 is 0 Å². The quantitative estimate of drug-likeness (QED) is 0.0243. The van der Waals surface area contributed by atoms with Gasteiger partial charge in [0.25, 0.3) is 0 Å². The molecule has 0 radical (unpaired) electrons. The van der Waals surface area contributed by atoms with Crippen LogP contribution in [0.1, 0.15) is 335 Å². The number of carbonyl (C=O) groups is 1. The molecule has 0 aromatic rings. The van der Waals surface area contributed by atoms with Crippen molar-refractivity contribution in [2.75, 3.05) is 40.9 Å². The topological polar surface area (TPSA) is 105 Å². The van der Waals surface area contributed by atoms with E-state index in [1.165, 1.54) is 270 Å². The van der Waals surface area contributed by atoms with Gasteiger partial charge in [0, 0.05) is 6.42 Å². The first-order chi connectivity index (χ1) is 37.0. The second-order valence-electron chi connectivity index (χ2n) is 24.2. The van der Waals surface area contributed by atoms with E-state index < -0.39 is 20.0 Å². The Morgan fingerprint density at radius 2 is 0.750 bits per heavy atom. The van der Waals surface area contributed by atoms with Gasteiger partial charge in [0.2, 0.25) is 5.91 Å². The molecule has 9 heteroatoms. The van der Waals surface area contributed by atoms with Crippen molar-refractivity contribution < 1.29 is 32.9 Å². The number of unbranched alkanes of at least 4 members (excludes halogenated alkanes) is 45. The minimum Gasteiger partial charge on any atom is -0.387 e. The number of nitrogens with zero attached hydrogens (tertiary/aromatic N) is 1. The molecule has 0 aromatic heterocycles. The fourth-order valence-electron chi connectivity index (χ4n) is 10.1. The van der Waals surface area contributed by atoms with Crippen molar-refractivity contribution in [2.45, 2.75) is 347 Å². The first-order valence-corrected chi connectivity index (χ1v) is 34.9. The van der Waals surface area contributed by atoms with Gasteiger partial charge in [0.05, 0.1) is 39.9 Å². The summed E-state index contributed by atoms with van der Waals surface area (Å²) < 4.78 is 23.8. The number of carbonyl (C=O) groups excluding carboxylic acids is 1. The third-order valence-electron chi connectivity index (χ3n) is 15.4. The van der Waals surface area contributed by atoms with Gasteiger partial charge in [-0.1, -0.05) is 314 Å². The van der Waals surface area contributed by atoms with Gasteiger partial charge in [0.15, 0.2) is 0 Å². The highest BCUT2D eigenvalue weighted by atomic mass is 31.2. The molecule has 0 heterocycles. The molecule has 3 N–H and O–H groups in total. The number of phosphoric ester groups is 1. The van der Waals surface area contributed by atoms with Gasteiger partial charge in [-0.2, -0.15) is 0 Å². The van der Waals surface area contributed by atoms with Crippen LogP contribution >= 0.6 is 7.82 Å². The zero-order chi connectivity index (χ0) is 55.6. The summed E-state index contributed by atoms with van der Waals surface area (Å²) in [5.74, 6) is -0.171. The molecule has 0 aliphatic rings. The lowest BCUT2D eigenvalue weighted by molar-refractivity contribution is -0.870. The van der Waals surface area contributed by atoms with Gasteiger partial charge < -0.3 is 19.8 Å². The molecule has 0 aliphatic carbocycles. The Morgan fingerprint density at radius 1 is 0.447 bits per heavy atom. The lowest BCUT2D eigenvalue weighted by Crippen LogP contribution is -2.45. The maximum absolute atomic E-state index is 13.0. The van der Waals surface area contributed by atoms with Crippen LogP contribution in [0.25, 0.3) is 0 Å². The minimum atomic E-state index is -4.35. The molecule has 450 valence electrons. The normalized spacial score (nSPS) is 13.9. The van der Waals surface area contributed by atoms with Gasteiger partial charge in [0.1, 0.15) is 13.2 Å². The van der Waals surface area contributed by atoms with Gasteiger partial charge >= 0.3 is 7.82 Å². The molecular formula is C67H132N2O6P+. The third kappa shape index (κ3) is 60.4. The van der Waals surface area contributed by atoms with Crippen LogP contribution in [-0.4, -0.2) is 73.4 Å². The van der Waals surface area contributed by atoms with E-state index in [0.29, 0.717) is 17.4 Å². The zero-order valence-corrected chi connectivity index (χ0v) is 52.4. The van der Waals surface area contributed by atoms with E-state index in [-0.39, 0.29) is 19.1 Å². The van der Waals surface area contributed by atoms with Crippen LogP contribution in [0.3, 0.4) is 0 Å². The van der Waals surface area contributed by atoms with Crippen LogP contribution < -0.4 is 5.32 Å². The number of aliphatic hydroxyl groups excluding tert-OH is 1. The van der Waals surface area contributed by atoms with Crippen molar-refractivity contribution in [1.29, 1.82) is 0 Å². The highest BCUT2D eigenvalue weighted by Gasteiger charge is 2.28. The van der Waals surface area contributed by atoms with Crippen molar-refractivity contribution in [3.63, 3.8) is 0 Å². The third-order valence-corrected chi connectivity index (χ3v) is 16.3. The van der Waals surface area contributed by atoms with Crippen molar-refractivity contribution in [1.82, 2.24) is 5.32 Å². The Hall–Kier alpha value is -1.28. The van der Waals surface area contributed by atoms with Gasteiger partial charge in [-0.25, -0.2) is 4.57 Å². The van der Waals surface area contributed by atoms with Crippen LogP contribution in [-0.2, 0) is 18.4 Å². The molecule has 0 bridgehead atoms. The van der Waals surface area contributed by atoms with Crippen LogP contribution in [0.15, 0.2) is 36.5 Å². The molecule has 1 amide bonds. The van der Waals surface area contributed by atoms with Crippen LogP contribution in [0, 0.1) is 0 Å². The summed E-state index contributed by atoms with van der Waals surface area (Å²) in [7, 11) is 1.59. The number of nitrogens with one attached hydrogen (secondary N) is 1. The SMILES string of the molecule is CCCCCCCCCCCCC/C=C\C/C=C\CCCCCCCCCCCCCCCCCCCC(=O)NC(COP(=O)(O)OCC[N+](C)(C)C)C(O)/C=C/CCCCCCCCCCCCCCCCCCC. The van der Waals surface area contributed by atoms with E-state index in [1.807, 2.05) is 27.2 Å². The number of amides is 1. The number of allylic oxidation sites excluding steroid dienone is 5. The van der Waals surface area contributed by atoms with Crippen molar-refractivity contribution in [2.24, 2.45) is 0 Å². The Morgan fingerprint density at radius 3 is 1.08 bits per heavy atom. The molecule has 3 unspecified atom stereocenters. The molecule has 0 saturated heterocycles. The number of hydrogen-bond acceptors (Lipinski definition) is 5. The number of quaternary nitrogens is 1. The first-order valence-electron chi connectivity index (χ1n) is 33.4. The van der Waals surface area contributed by atoms with Gasteiger partial charge in [-0.3, -0.25) is 13.8 Å². The second kappa shape index (κ2) is 58.4. The summed E-state index contributed by atoms with van der Waals surface area (Å²) >= 11 is 0. The fourth-order valence-corrected chi connectivity index (χ4v) is 10.9. The van der Waals surface area contributed by atoms with E-state index in [1.54, 1.807) is 6.08 Å². The van der Waals surface area contributed by atoms with Crippen LogP contribution in [0.2, 0.25) is 0 Å². The molecule has 0 saturated carbocycles. The lowest BCUT2D eigenvalue weighted by Gasteiger charge is -2.25. The van der Waals surface area contributed by atoms with Crippen LogP contribution in [0.5, 0.6) is 0 Å². The Bertz CT molecular complexity index is 1330. The van der Waals surface area contributed by atoms with Crippen molar-refractivity contribution >= 4 is 13.7 Å². The summed E-state index contributed by atoms with van der Waals surface area (Å²) in [6, 6.07) is -0.846. The number of phosphoric acid groups is 1. The molecule has 0 aromatic carbocycles.